The normalized spacial score (nSPS) is 14.0. The molecule has 4 nitrogen and oxygen atoms in total. The zero-order valence-corrected chi connectivity index (χ0v) is 58.0. The van der Waals surface area contributed by atoms with Crippen LogP contribution in [-0.2, 0) is 68.0 Å². The first-order chi connectivity index (χ1) is 33.1. The van der Waals surface area contributed by atoms with Gasteiger partial charge in [-0.05, 0) is 0 Å². The Hall–Kier alpha value is -1.80. The first kappa shape index (κ1) is 69.3. The monoisotopic (exact) mass is 1100 g/mol. The summed E-state index contributed by atoms with van der Waals surface area (Å²) in [6.07, 6.45) is 9.22. The van der Waals surface area contributed by atoms with E-state index in [0.717, 1.165) is 69.2 Å². The molecule has 0 unspecified atom stereocenters. The Labute approximate surface area is 493 Å². The summed E-state index contributed by atoms with van der Waals surface area (Å²) in [7, 11) is -3.50. The number of phenolic OH excluding ortho intramolecular Hbond substituents is 4. The Morgan fingerprint density at radius 2 is 0.360 bits per heavy atom. The smallest absolute Gasteiger partial charge is 2.00 e. The topological polar surface area (TPSA) is 80.9 Å². The summed E-state index contributed by atoms with van der Waals surface area (Å²) >= 11 is 0. The van der Waals surface area contributed by atoms with Crippen molar-refractivity contribution in [3.63, 3.8) is 0 Å². The molecular formula is C68H114CaO4P2. The molecule has 0 saturated carbocycles. The molecule has 0 aliphatic rings. The van der Waals surface area contributed by atoms with Crippen molar-refractivity contribution >= 4 is 52.3 Å². The molecule has 0 radical (unpaired) electrons. The van der Waals surface area contributed by atoms with Gasteiger partial charge in [0.05, 0.1) is 0 Å². The largest absolute Gasteiger partial charge is 2.00 e. The number of phenols is 4. The van der Waals surface area contributed by atoms with Crippen molar-refractivity contribution in [2.24, 2.45) is 0 Å². The molecule has 4 aromatic carbocycles. The quantitative estimate of drug-likeness (QED) is 0.0842. The van der Waals surface area contributed by atoms with Crippen LogP contribution in [0.2, 0.25) is 0 Å². The third-order valence-corrected chi connectivity index (χ3v) is 27.1. The van der Waals surface area contributed by atoms with Gasteiger partial charge in [0, 0.05) is 0 Å². The maximum absolute atomic E-state index is 11.3. The van der Waals surface area contributed by atoms with Crippen molar-refractivity contribution in [1.29, 1.82) is 0 Å². The molecule has 0 saturated heterocycles. The SMILES string of the molecule is CC[PH-](CC)(Cc1cc(C(C)(C)C)c(O)c(C(C)(C)C)c1)Cc1cc(C(C)(C)C)c(O)c(C(C)(C)C)c1.CC[PH-](CC)(Cc1cc(C(C)(C)C)c(O)c(C(C)(C)C)c1)Cc1cc(C(C)(C)C)c(O)c(C(C)(C)C)c1.[Ca+2]. The van der Waals surface area contributed by atoms with E-state index in [1.165, 1.54) is 46.9 Å². The predicted molar refractivity (Wildman–Crippen MR) is 341 cm³/mol. The first-order valence-electron chi connectivity index (χ1n) is 28.6. The van der Waals surface area contributed by atoms with E-state index in [0.29, 0.717) is 23.0 Å². The molecule has 0 bridgehead atoms. The fourth-order valence-electron chi connectivity index (χ4n) is 11.1. The van der Waals surface area contributed by atoms with E-state index in [9.17, 15) is 20.4 Å². The molecule has 4 N–H and O–H groups in total. The Kier molecular flexibility index (Phi) is 22.6. The van der Waals surface area contributed by atoms with Gasteiger partial charge in [-0.25, -0.2) is 0 Å². The van der Waals surface area contributed by atoms with Gasteiger partial charge in [0.25, 0.3) is 0 Å². The van der Waals surface area contributed by atoms with Crippen LogP contribution >= 0.6 is 14.5 Å². The van der Waals surface area contributed by atoms with Crippen molar-refractivity contribution in [1.82, 2.24) is 0 Å². The van der Waals surface area contributed by atoms with Crippen LogP contribution in [0.4, 0.5) is 0 Å². The molecule has 0 heterocycles. The Morgan fingerprint density at radius 3 is 0.440 bits per heavy atom. The molecule has 0 aliphatic carbocycles. The van der Waals surface area contributed by atoms with Crippen molar-refractivity contribution < 1.29 is 20.4 Å². The van der Waals surface area contributed by atoms with E-state index >= 15 is 0 Å². The summed E-state index contributed by atoms with van der Waals surface area (Å²) in [4.78, 5) is 0. The van der Waals surface area contributed by atoms with Crippen LogP contribution in [0.3, 0.4) is 0 Å². The second-order valence-electron chi connectivity index (χ2n) is 31.3. The van der Waals surface area contributed by atoms with E-state index in [1.807, 2.05) is 0 Å². The zero-order valence-electron chi connectivity index (χ0n) is 53.8. The van der Waals surface area contributed by atoms with E-state index in [2.05, 4.69) is 242 Å². The molecule has 4 rings (SSSR count). The van der Waals surface area contributed by atoms with E-state index in [4.69, 9.17) is 0 Å². The molecular weight excluding hydrogens is 983 g/mol. The summed E-state index contributed by atoms with van der Waals surface area (Å²) < 4.78 is 0. The number of hydrogen-bond donors (Lipinski definition) is 4. The van der Waals surface area contributed by atoms with E-state index in [-0.39, 0.29) is 81.1 Å². The molecule has 0 spiro atoms. The Balaban J connectivity index is 0.000000507. The van der Waals surface area contributed by atoms with Crippen LogP contribution < -0.4 is 0 Å². The summed E-state index contributed by atoms with van der Waals surface area (Å²) in [5.41, 5.74) is 12.9. The first-order valence-corrected chi connectivity index (χ1v) is 34.2. The fourth-order valence-corrected chi connectivity index (χ4v) is 18.6. The number of benzene rings is 4. The van der Waals surface area contributed by atoms with Gasteiger partial charge in [0.2, 0.25) is 0 Å². The van der Waals surface area contributed by atoms with Crippen LogP contribution in [-0.4, -0.2) is 82.8 Å². The van der Waals surface area contributed by atoms with Gasteiger partial charge in [-0.2, -0.15) is 0 Å². The summed E-state index contributed by atoms with van der Waals surface area (Å²) in [5, 5.41) is 45.0. The Morgan fingerprint density at radius 1 is 0.253 bits per heavy atom. The average Bonchev–Trinajstić information content (AvgIpc) is 3.22. The molecule has 0 fully saturated rings. The second-order valence-corrected chi connectivity index (χ2v) is 41.5. The van der Waals surface area contributed by atoms with Gasteiger partial charge in [0.15, 0.2) is 0 Å². The molecule has 0 aliphatic heterocycles. The zero-order chi connectivity index (χ0) is 57.6. The molecule has 0 atom stereocenters. The predicted octanol–water partition coefficient (Wildman–Crippen LogP) is 19.2. The summed E-state index contributed by atoms with van der Waals surface area (Å²) in [5.74, 6) is 1.86. The number of hydrogen-bond acceptors (Lipinski definition) is 4. The van der Waals surface area contributed by atoms with E-state index in [1.54, 1.807) is 0 Å². The van der Waals surface area contributed by atoms with Gasteiger partial charge in [-0.1, -0.05) is 0 Å². The van der Waals surface area contributed by atoms with Gasteiger partial charge in [0.1, 0.15) is 0 Å². The van der Waals surface area contributed by atoms with Gasteiger partial charge in [-0.15, -0.1) is 0 Å². The minimum Gasteiger partial charge on any atom is 2.00 e. The van der Waals surface area contributed by atoms with Crippen molar-refractivity contribution in [2.75, 3.05) is 24.6 Å². The molecule has 75 heavy (non-hydrogen) atoms. The molecule has 4 aromatic rings. The van der Waals surface area contributed by atoms with E-state index < -0.39 is 14.5 Å². The minimum absolute atomic E-state index is 0. The summed E-state index contributed by atoms with van der Waals surface area (Å²) in [6, 6.07) is 18.3. The van der Waals surface area contributed by atoms with Crippen molar-refractivity contribution in [3.05, 3.63) is 115 Å². The Bertz CT molecular complexity index is 2060. The van der Waals surface area contributed by atoms with Gasteiger partial charge >= 0.3 is 497 Å². The van der Waals surface area contributed by atoms with Crippen molar-refractivity contribution in [3.8, 4) is 23.0 Å². The van der Waals surface area contributed by atoms with Crippen LogP contribution in [0, 0.1) is 0 Å². The maximum atomic E-state index is 11.3. The van der Waals surface area contributed by atoms with Crippen LogP contribution in [0.5, 0.6) is 23.0 Å². The molecule has 0 amide bonds. The molecule has 7 heteroatoms. The molecule has 422 valence electrons. The molecule has 0 aromatic heterocycles. The standard InChI is InChI=1S/2C34H57O2P.Ca/c2*1-15-37(16-2,21-23-17-25(31(3,4)5)29(35)26(18-23)32(6,7)8)22-24-19-27(33(9,10)11)30(36)28(20-24)34(12,13)14;/h2*17-20,35-37H,15-16,21-22H2,1-14H3;/q2*-1;+2. The van der Waals surface area contributed by atoms with Crippen molar-refractivity contribution in [2.45, 2.75) is 262 Å². The third-order valence-electron chi connectivity index (χ3n) is 16.5. The maximum Gasteiger partial charge on any atom is 2.00 e. The van der Waals surface area contributed by atoms with Gasteiger partial charge in [-0.3, -0.25) is 0 Å². The number of aromatic hydroxyl groups is 4. The fraction of sp³-hybridized carbons (Fsp3) is 0.647. The number of rotatable bonds is 12. The van der Waals surface area contributed by atoms with Crippen LogP contribution in [0.15, 0.2) is 48.5 Å². The third kappa shape index (κ3) is 17.6. The van der Waals surface area contributed by atoms with Crippen LogP contribution in [0.25, 0.3) is 0 Å². The summed E-state index contributed by atoms with van der Waals surface area (Å²) in [6.45, 7) is 62.2. The van der Waals surface area contributed by atoms with Gasteiger partial charge < -0.3 is 0 Å². The minimum atomic E-state index is -1.75. The second kappa shape index (κ2) is 24.5. The van der Waals surface area contributed by atoms with Crippen LogP contribution in [0.1, 0.15) is 261 Å². The average molecular weight is 1100 g/mol.